The summed E-state index contributed by atoms with van der Waals surface area (Å²) in [6.45, 7) is 4.00. The third-order valence-electron chi connectivity index (χ3n) is 6.14. The summed E-state index contributed by atoms with van der Waals surface area (Å²) in [7, 11) is 0. The van der Waals surface area contributed by atoms with E-state index in [1.807, 2.05) is 30.3 Å². The predicted molar refractivity (Wildman–Crippen MR) is 133 cm³/mol. The molecule has 1 fully saturated rings. The lowest BCUT2D eigenvalue weighted by atomic mass is 10.0. The Morgan fingerprint density at radius 3 is 2.51 bits per heavy atom. The Bertz CT molecular complexity index is 1440. The molecule has 0 saturated carbocycles. The average molecular weight is 472 g/mol. The number of hydrogen-bond donors (Lipinski definition) is 2. The Labute approximate surface area is 201 Å². The molecule has 2 aromatic heterocycles. The van der Waals surface area contributed by atoms with Gasteiger partial charge in [-0.25, -0.2) is 9.78 Å². The second kappa shape index (κ2) is 9.11. The van der Waals surface area contributed by atoms with E-state index >= 15 is 0 Å². The van der Waals surface area contributed by atoms with Crippen LogP contribution in [0.1, 0.15) is 12.5 Å². The van der Waals surface area contributed by atoms with Crippen molar-refractivity contribution in [3.63, 3.8) is 0 Å². The number of benzene rings is 2. The quantitative estimate of drug-likeness (QED) is 0.433. The fourth-order valence-electron chi connectivity index (χ4n) is 4.61. The van der Waals surface area contributed by atoms with Crippen molar-refractivity contribution in [2.75, 3.05) is 18.8 Å². The highest BCUT2D eigenvalue weighted by molar-refractivity contribution is 5.88. The maximum Gasteiger partial charge on any atom is 0.334 e. The van der Waals surface area contributed by atoms with Gasteiger partial charge in [-0.1, -0.05) is 24.8 Å². The lowest BCUT2D eigenvalue weighted by molar-refractivity contribution is -0.130. The van der Waals surface area contributed by atoms with Crippen molar-refractivity contribution >= 4 is 22.8 Å². The minimum atomic E-state index is -0.767. The highest BCUT2D eigenvalue weighted by Crippen LogP contribution is 2.29. The first kappa shape index (κ1) is 22.4. The van der Waals surface area contributed by atoms with Gasteiger partial charge in [-0.15, -0.1) is 0 Å². The molecule has 1 aliphatic rings. The molecule has 0 unspecified atom stereocenters. The van der Waals surface area contributed by atoms with Gasteiger partial charge < -0.3 is 20.5 Å². The third-order valence-corrected chi connectivity index (χ3v) is 6.14. The van der Waals surface area contributed by atoms with E-state index in [0.717, 1.165) is 0 Å². The normalized spacial score (nSPS) is 17.9. The number of aliphatic hydroxyl groups is 1. The largest absolute Gasteiger partial charge is 0.457 e. The zero-order valence-corrected chi connectivity index (χ0v) is 18.9. The lowest BCUT2D eigenvalue weighted by Gasteiger charge is -2.35. The number of carbonyl (C=O) groups excluding carboxylic acids is 1. The van der Waals surface area contributed by atoms with Crippen LogP contribution in [0.2, 0.25) is 0 Å². The van der Waals surface area contributed by atoms with Gasteiger partial charge in [0.05, 0.1) is 23.3 Å². The number of carbonyl (C=O) groups is 1. The summed E-state index contributed by atoms with van der Waals surface area (Å²) in [5.74, 6) is 1.24. The van der Waals surface area contributed by atoms with Gasteiger partial charge in [-0.3, -0.25) is 13.9 Å². The summed E-state index contributed by atoms with van der Waals surface area (Å²) in [4.78, 5) is 31.7. The van der Waals surface area contributed by atoms with Crippen LogP contribution in [-0.4, -0.2) is 49.2 Å². The number of pyridine rings is 1. The summed E-state index contributed by atoms with van der Waals surface area (Å²) in [6.07, 6.45) is 2.31. The van der Waals surface area contributed by atoms with E-state index in [-0.39, 0.29) is 30.5 Å². The van der Waals surface area contributed by atoms with Gasteiger partial charge in [0.2, 0.25) is 5.91 Å². The monoisotopic (exact) mass is 471 g/mol. The van der Waals surface area contributed by atoms with Crippen molar-refractivity contribution in [2.24, 2.45) is 0 Å². The standard InChI is InChI=1S/C26H25N5O4/c1-2-23(33)29-15-18(14-19(32)16-29)30-22-12-13-28-25(27)24(22)31(26(30)34)17-8-10-21(11-9-17)35-20-6-4-3-5-7-20/h2-13,18-19,32H,1,14-16H2,(H2,27,28)/t18-,19-/m1/s1. The summed E-state index contributed by atoms with van der Waals surface area (Å²) < 4.78 is 8.96. The molecule has 1 aliphatic heterocycles. The number of para-hydroxylation sites is 1. The smallest absolute Gasteiger partial charge is 0.334 e. The van der Waals surface area contributed by atoms with E-state index in [4.69, 9.17) is 10.5 Å². The molecule has 2 aromatic carbocycles. The van der Waals surface area contributed by atoms with Gasteiger partial charge in [-0.05, 0) is 55.0 Å². The highest BCUT2D eigenvalue weighted by Gasteiger charge is 2.32. The van der Waals surface area contributed by atoms with Crippen LogP contribution >= 0.6 is 0 Å². The Hall–Kier alpha value is -4.37. The highest BCUT2D eigenvalue weighted by atomic mass is 16.5. The summed E-state index contributed by atoms with van der Waals surface area (Å²) in [5.41, 5.74) is 7.54. The van der Waals surface area contributed by atoms with Crippen molar-refractivity contribution in [1.82, 2.24) is 19.0 Å². The van der Waals surface area contributed by atoms with Crippen LogP contribution in [-0.2, 0) is 4.79 Å². The fourth-order valence-corrected chi connectivity index (χ4v) is 4.61. The summed E-state index contributed by atoms with van der Waals surface area (Å²) >= 11 is 0. The molecule has 3 heterocycles. The van der Waals surface area contributed by atoms with E-state index in [1.54, 1.807) is 41.1 Å². The maximum atomic E-state index is 13.8. The van der Waals surface area contributed by atoms with Crippen LogP contribution in [0.4, 0.5) is 5.82 Å². The number of anilines is 1. The number of rotatable bonds is 5. The molecule has 0 radical (unpaired) electrons. The van der Waals surface area contributed by atoms with E-state index in [0.29, 0.717) is 34.6 Å². The molecule has 1 amide bonds. The number of aromatic nitrogens is 3. The van der Waals surface area contributed by atoms with Crippen molar-refractivity contribution in [3.8, 4) is 17.2 Å². The number of hydrogen-bond acceptors (Lipinski definition) is 6. The number of nitrogen functional groups attached to an aromatic ring is 1. The molecule has 1 saturated heterocycles. The first-order valence-electron chi connectivity index (χ1n) is 11.3. The number of nitrogens with two attached hydrogens (primary N) is 1. The van der Waals surface area contributed by atoms with Crippen molar-refractivity contribution in [3.05, 3.63) is 90.0 Å². The number of amides is 1. The number of fused-ring (bicyclic) bond motifs is 1. The molecule has 9 heteroatoms. The predicted octanol–water partition coefficient (Wildman–Crippen LogP) is 2.88. The molecule has 0 spiro atoms. The van der Waals surface area contributed by atoms with Crippen LogP contribution in [0.3, 0.4) is 0 Å². The minimum Gasteiger partial charge on any atom is -0.457 e. The second-order valence-electron chi connectivity index (χ2n) is 8.45. The van der Waals surface area contributed by atoms with E-state index in [2.05, 4.69) is 11.6 Å². The number of imidazole rings is 1. The topological polar surface area (TPSA) is 116 Å². The Balaban J connectivity index is 1.57. The molecule has 178 valence electrons. The van der Waals surface area contributed by atoms with Gasteiger partial charge in [0.25, 0.3) is 0 Å². The number of aliphatic hydroxyl groups excluding tert-OH is 1. The first-order valence-corrected chi connectivity index (χ1v) is 11.3. The molecule has 3 N–H and O–H groups in total. The fraction of sp³-hybridized carbons (Fsp3) is 0.192. The number of piperidine rings is 1. The van der Waals surface area contributed by atoms with Crippen molar-refractivity contribution in [2.45, 2.75) is 18.6 Å². The summed E-state index contributed by atoms with van der Waals surface area (Å²) in [5, 5.41) is 10.4. The van der Waals surface area contributed by atoms with Gasteiger partial charge in [0, 0.05) is 19.3 Å². The van der Waals surface area contributed by atoms with Crippen LogP contribution in [0.15, 0.2) is 84.3 Å². The Morgan fingerprint density at radius 2 is 1.80 bits per heavy atom. The Morgan fingerprint density at radius 1 is 1.09 bits per heavy atom. The van der Waals surface area contributed by atoms with E-state index < -0.39 is 12.1 Å². The van der Waals surface area contributed by atoms with Crippen molar-refractivity contribution in [1.29, 1.82) is 0 Å². The minimum absolute atomic E-state index is 0.196. The SMILES string of the molecule is C=CC(=O)N1C[C@H](O)C[C@@H](n2c(=O)n(-c3ccc(Oc4ccccc4)cc3)c3c(N)nccc32)C1. The van der Waals surface area contributed by atoms with Crippen LogP contribution < -0.4 is 16.2 Å². The number of β-amino-alcohol motifs (C(OH)–C–C–N with tert-alkyl or cyclic N) is 1. The van der Waals surface area contributed by atoms with Crippen LogP contribution in [0, 0.1) is 0 Å². The number of likely N-dealkylation sites (tertiary alicyclic amines) is 1. The Kier molecular flexibility index (Phi) is 5.84. The summed E-state index contributed by atoms with van der Waals surface area (Å²) in [6, 6.07) is 17.8. The molecule has 0 bridgehead atoms. The van der Waals surface area contributed by atoms with Crippen molar-refractivity contribution < 1.29 is 14.6 Å². The molecule has 5 rings (SSSR count). The molecule has 35 heavy (non-hydrogen) atoms. The molecule has 9 nitrogen and oxygen atoms in total. The maximum absolute atomic E-state index is 13.8. The molecule has 2 atom stereocenters. The van der Waals surface area contributed by atoms with Crippen LogP contribution in [0.5, 0.6) is 11.5 Å². The molecular formula is C26H25N5O4. The number of nitrogens with zero attached hydrogens (tertiary/aromatic N) is 4. The van der Waals surface area contributed by atoms with Gasteiger partial charge in [0.1, 0.15) is 22.8 Å². The van der Waals surface area contributed by atoms with Gasteiger partial charge in [0.15, 0.2) is 0 Å². The number of ether oxygens (including phenoxy) is 1. The first-order chi connectivity index (χ1) is 17.0. The second-order valence-corrected chi connectivity index (χ2v) is 8.45. The molecule has 4 aromatic rings. The average Bonchev–Trinajstić information content (AvgIpc) is 3.17. The molecule has 0 aliphatic carbocycles. The van der Waals surface area contributed by atoms with E-state index in [9.17, 15) is 14.7 Å². The van der Waals surface area contributed by atoms with E-state index in [1.165, 1.54) is 15.5 Å². The zero-order chi connectivity index (χ0) is 24.5. The van der Waals surface area contributed by atoms with Gasteiger partial charge >= 0.3 is 5.69 Å². The van der Waals surface area contributed by atoms with Crippen LogP contribution in [0.25, 0.3) is 16.7 Å². The molecular weight excluding hydrogens is 446 g/mol. The van der Waals surface area contributed by atoms with Gasteiger partial charge in [-0.2, -0.15) is 0 Å². The third kappa shape index (κ3) is 4.17. The zero-order valence-electron chi connectivity index (χ0n) is 18.9. The lowest BCUT2D eigenvalue weighted by Crippen LogP contribution is -2.47.